The van der Waals surface area contributed by atoms with E-state index < -0.39 is 6.04 Å². The number of anilines is 1. The largest absolute Gasteiger partial charge is 0.490 e. The summed E-state index contributed by atoms with van der Waals surface area (Å²) in [7, 11) is 0. The lowest BCUT2D eigenvalue weighted by Gasteiger charge is -2.38. The topological polar surface area (TPSA) is 78.3 Å². The molecule has 1 aromatic heterocycles. The van der Waals surface area contributed by atoms with Crippen molar-refractivity contribution in [1.29, 1.82) is 0 Å². The van der Waals surface area contributed by atoms with Gasteiger partial charge in [0.25, 0.3) is 0 Å². The van der Waals surface area contributed by atoms with E-state index in [1.807, 2.05) is 67.9 Å². The number of rotatable bonds is 8. The summed E-state index contributed by atoms with van der Waals surface area (Å²) >= 11 is 7.88. The zero-order valence-corrected chi connectivity index (χ0v) is 23.9. The Morgan fingerprint density at radius 3 is 2.71 bits per heavy atom. The van der Waals surface area contributed by atoms with Gasteiger partial charge >= 0.3 is 0 Å². The second-order valence-electron chi connectivity index (χ2n) is 10.7. The van der Waals surface area contributed by atoms with Gasteiger partial charge in [-0.2, -0.15) is 4.98 Å². The van der Waals surface area contributed by atoms with E-state index in [9.17, 15) is 4.79 Å². The van der Waals surface area contributed by atoms with Crippen LogP contribution < -0.4 is 14.8 Å². The zero-order valence-electron chi connectivity index (χ0n) is 22.4. The Morgan fingerprint density at radius 2 is 1.97 bits per heavy atom. The molecule has 7 nitrogen and oxygen atoms in total. The van der Waals surface area contributed by atoms with E-state index in [0.29, 0.717) is 41.4 Å². The predicted molar refractivity (Wildman–Crippen MR) is 151 cm³/mol. The molecule has 0 saturated heterocycles. The molecule has 2 heterocycles. The van der Waals surface area contributed by atoms with Crippen molar-refractivity contribution >= 4 is 35.1 Å². The van der Waals surface area contributed by atoms with Gasteiger partial charge in [0.1, 0.15) is 6.04 Å². The summed E-state index contributed by atoms with van der Waals surface area (Å²) in [5.74, 6) is 2.72. The number of ether oxygens (including phenoxy) is 2. The molecule has 3 aromatic rings. The first kappa shape index (κ1) is 26.6. The van der Waals surface area contributed by atoms with Gasteiger partial charge in [0, 0.05) is 28.5 Å². The van der Waals surface area contributed by atoms with Crippen LogP contribution in [0.4, 0.5) is 5.95 Å². The number of hydrogen-bond donors (Lipinski definition) is 1. The smallest absolute Gasteiger partial charge is 0.227 e. The number of halogens is 1. The summed E-state index contributed by atoms with van der Waals surface area (Å²) in [6.07, 6.45) is 1.25. The summed E-state index contributed by atoms with van der Waals surface area (Å²) in [6.45, 7) is 10.7. The van der Waals surface area contributed by atoms with Crippen LogP contribution in [-0.4, -0.2) is 33.3 Å². The molecule has 9 heteroatoms. The second-order valence-corrected chi connectivity index (χ2v) is 12.1. The van der Waals surface area contributed by atoms with Gasteiger partial charge in [-0.05, 0) is 61.9 Å². The number of allylic oxidation sites excluding steroid dienone is 2. The maximum atomic E-state index is 13.6. The highest BCUT2D eigenvalue weighted by molar-refractivity contribution is 7.98. The fourth-order valence-corrected chi connectivity index (χ4v) is 6.15. The maximum absolute atomic E-state index is 13.6. The van der Waals surface area contributed by atoms with Crippen LogP contribution >= 0.6 is 23.4 Å². The van der Waals surface area contributed by atoms with Crippen LogP contribution in [0.25, 0.3) is 0 Å². The molecule has 2 aromatic carbocycles. The molecule has 2 aliphatic rings. The molecule has 0 bridgehead atoms. The third kappa shape index (κ3) is 5.43. The van der Waals surface area contributed by atoms with Gasteiger partial charge in [0.15, 0.2) is 17.3 Å². The number of ketones is 1. The number of hydrogen-bond acceptors (Lipinski definition) is 7. The van der Waals surface area contributed by atoms with Crippen molar-refractivity contribution in [3.05, 3.63) is 69.9 Å². The third-order valence-electron chi connectivity index (χ3n) is 6.57. The molecule has 1 unspecified atom stereocenters. The molecule has 0 spiro atoms. The van der Waals surface area contributed by atoms with E-state index in [1.165, 1.54) is 11.8 Å². The molecule has 0 amide bonds. The molecule has 38 heavy (non-hydrogen) atoms. The Morgan fingerprint density at radius 1 is 1.18 bits per heavy atom. The Kier molecular flexibility index (Phi) is 7.47. The normalized spacial score (nSPS) is 18.2. The zero-order chi connectivity index (χ0) is 27.0. The highest BCUT2D eigenvalue weighted by Gasteiger charge is 2.42. The summed E-state index contributed by atoms with van der Waals surface area (Å²) in [4.78, 5) is 18.4. The number of carbonyl (C=O) groups is 1. The van der Waals surface area contributed by atoms with Gasteiger partial charge in [-0.3, -0.25) is 4.79 Å². The first-order valence-electron chi connectivity index (χ1n) is 12.9. The van der Waals surface area contributed by atoms with Crippen LogP contribution in [0, 0.1) is 5.41 Å². The molecular formula is C29H33ClN4O3S. The number of benzene rings is 2. The number of nitrogens with zero attached hydrogens (tertiary/aromatic N) is 3. The first-order chi connectivity index (χ1) is 18.1. The summed E-state index contributed by atoms with van der Waals surface area (Å²) in [5, 5.41) is 9.65. The van der Waals surface area contributed by atoms with Crippen LogP contribution in [0.5, 0.6) is 11.5 Å². The van der Waals surface area contributed by atoms with Crippen molar-refractivity contribution in [2.45, 2.75) is 70.5 Å². The molecule has 0 radical (unpaired) electrons. The average Bonchev–Trinajstić information content (AvgIpc) is 3.25. The summed E-state index contributed by atoms with van der Waals surface area (Å²) in [6, 6.07) is 13.2. The van der Waals surface area contributed by atoms with Crippen molar-refractivity contribution < 1.29 is 14.3 Å². The van der Waals surface area contributed by atoms with E-state index in [1.54, 1.807) is 0 Å². The molecule has 5 rings (SSSR count). The lowest BCUT2D eigenvalue weighted by atomic mass is 9.73. The molecule has 1 aliphatic carbocycles. The standard InChI is InChI=1S/C29H33ClN4O3S/c1-6-36-24-13-18(11-12-23(24)37-17(2)3)26-25-21(14-29(4,5)15-22(25)35)31-27-32-28(33-34(26)27)38-16-19-9-7-8-10-20(19)30/h7-13,17,26H,6,14-16H2,1-5H3,(H,31,32,33). The summed E-state index contributed by atoms with van der Waals surface area (Å²) in [5.41, 5.74) is 3.44. The van der Waals surface area contributed by atoms with E-state index in [-0.39, 0.29) is 17.3 Å². The molecule has 0 fully saturated rings. The van der Waals surface area contributed by atoms with Gasteiger partial charge in [-0.15, -0.1) is 5.10 Å². The Labute approximate surface area is 233 Å². The monoisotopic (exact) mass is 552 g/mol. The average molecular weight is 553 g/mol. The van der Waals surface area contributed by atoms with E-state index >= 15 is 0 Å². The SMILES string of the molecule is CCOc1cc(C2C3=C(CC(C)(C)CC3=O)Nc3nc(SCc4ccccc4Cl)nn32)ccc1OC(C)C. The third-order valence-corrected chi connectivity index (χ3v) is 7.83. The fourth-order valence-electron chi connectivity index (χ4n) is 5.03. The summed E-state index contributed by atoms with van der Waals surface area (Å²) < 4.78 is 13.8. The van der Waals surface area contributed by atoms with Crippen LogP contribution in [0.15, 0.2) is 58.9 Å². The molecule has 1 atom stereocenters. The number of aromatic nitrogens is 3. The van der Waals surface area contributed by atoms with Crippen molar-refractivity contribution in [2.24, 2.45) is 5.41 Å². The second kappa shape index (κ2) is 10.7. The Balaban J connectivity index is 1.56. The molecular weight excluding hydrogens is 520 g/mol. The van der Waals surface area contributed by atoms with Gasteiger partial charge < -0.3 is 14.8 Å². The van der Waals surface area contributed by atoms with E-state index in [0.717, 1.165) is 33.8 Å². The van der Waals surface area contributed by atoms with E-state index in [4.69, 9.17) is 31.2 Å². The van der Waals surface area contributed by atoms with Crippen LogP contribution in [-0.2, 0) is 10.5 Å². The Bertz CT molecular complexity index is 1400. The minimum absolute atomic E-state index is 0.00928. The highest BCUT2D eigenvalue weighted by Crippen LogP contribution is 2.47. The van der Waals surface area contributed by atoms with Crippen LogP contribution in [0.2, 0.25) is 5.02 Å². The lowest BCUT2D eigenvalue weighted by Crippen LogP contribution is -2.36. The maximum Gasteiger partial charge on any atom is 0.227 e. The number of fused-ring (bicyclic) bond motifs is 1. The minimum atomic E-state index is -0.417. The van der Waals surface area contributed by atoms with Crippen molar-refractivity contribution in [3.63, 3.8) is 0 Å². The fraction of sp³-hybridized carbons (Fsp3) is 0.414. The van der Waals surface area contributed by atoms with Gasteiger partial charge in [-0.1, -0.05) is 61.5 Å². The van der Waals surface area contributed by atoms with Crippen molar-refractivity contribution in [2.75, 3.05) is 11.9 Å². The van der Waals surface area contributed by atoms with Crippen LogP contribution in [0.1, 0.15) is 64.6 Å². The van der Waals surface area contributed by atoms with Crippen molar-refractivity contribution in [3.8, 4) is 11.5 Å². The molecule has 1 N–H and O–H groups in total. The number of Topliss-reactive ketones (excluding diaryl/α,β-unsaturated/α-hetero) is 1. The molecule has 1 aliphatic heterocycles. The number of nitrogens with one attached hydrogen (secondary N) is 1. The first-order valence-corrected chi connectivity index (χ1v) is 14.3. The molecule has 200 valence electrons. The quantitative estimate of drug-likeness (QED) is 0.299. The predicted octanol–water partition coefficient (Wildman–Crippen LogP) is 7.07. The van der Waals surface area contributed by atoms with Gasteiger partial charge in [0.05, 0.1) is 12.7 Å². The lowest BCUT2D eigenvalue weighted by molar-refractivity contribution is -0.118. The van der Waals surface area contributed by atoms with Crippen LogP contribution in [0.3, 0.4) is 0 Å². The molecule has 0 saturated carbocycles. The minimum Gasteiger partial charge on any atom is -0.490 e. The Hall–Kier alpha value is -2.97. The highest BCUT2D eigenvalue weighted by atomic mass is 35.5. The number of thioether (sulfide) groups is 1. The number of carbonyl (C=O) groups excluding carboxylic acids is 1. The van der Waals surface area contributed by atoms with E-state index in [2.05, 4.69) is 19.2 Å². The van der Waals surface area contributed by atoms with Crippen molar-refractivity contribution in [1.82, 2.24) is 14.8 Å². The van der Waals surface area contributed by atoms with Gasteiger partial charge in [-0.25, -0.2) is 4.68 Å². The van der Waals surface area contributed by atoms with Gasteiger partial charge in [0.2, 0.25) is 11.1 Å².